The van der Waals surface area contributed by atoms with E-state index in [0.29, 0.717) is 12.0 Å². The third kappa shape index (κ3) is 6.45. The standard InChI is InChI=1S/C19H22F2N2O5S/c1-11(2)8-16(24)22-6-7-23-17(25)15(29-19(23)26)10-12-4-5-13(28-18(20)21)14(9-12)27-3/h4-5,9-11,18H,6-8H2,1-3H3,(H,22,24)/b15-10+. The summed E-state index contributed by atoms with van der Waals surface area (Å²) in [6, 6.07) is 4.20. The third-order valence-electron chi connectivity index (χ3n) is 3.83. The van der Waals surface area contributed by atoms with Gasteiger partial charge in [-0.25, -0.2) is 0 Å². The Balaban J connectivity index is 2.04. The van der Waals surface area contributed by atoms with Gasteiger partial charge in [0, 0.05) is 19.5 Å². The molecule has 1 N–H and O–H groups in total. The van der Waals surface area contributed by atoms with Crippen LogP contribution in [0.4, 0.5) is 13.6 Å². The van der Waals surface area contributed by atoms with Gasteiger partial charge in [0.2, 0.25) is 5.91 Å². The molecule has 0 atom stereocenters. The van der Waals surface area contributed by atoms with Gasteiger partial charge in [0.15, 0.2) is 11.5 Å². The van der Waals surface area contributed by atoms with Gasteiger partial charge in [-0.05, 0) is 41.5 Å². The Morgan fingerprint density at radius 1 is 1.28 bits per heavy atom. The van der Waals surface area contributed by atoms with E-state index in [4.69, 9.17) is 4.74 Å². The normalized spacial score (nSPS) is 15.6. The topological polar surface area (TPSA) is 84.9 Å². The smallest absolute Gasteiger partial charge is 0.387 e. The average Bonchev–Trinajstić information content (AvgIpc) is 2.89. The Morgan fingerprint density at radius 2 is 2.00 bits per heavy atom. The average molecular weight is 428 g/mol. The molecule has 10 heteroatoms. The number of ether oxygens (including phenoxy) is 2. The monoisotopic (exact) mass is 428 g/mol. The summed E-state index contributed by atoms with van der Waals surface area (Å²) in [6.45, 7) is 1.08. The number of carbonyl (C=O) groups excluding carboxylic acids is 3. The summed E-state index contributed by atoms with van der Waals surface area (Å²) >= 11 is 0.768. The maximum Gasteiger partial charge on any atom is 0.387 e. The van der Waals surface area contributed by atoms with Gasteiger partial charge in [0.25, 0.3) is 11.1 Å². The van der Waals surface area contributed by atoms with E-state index in [-0.39, 0.29) is 41.3 Å². The van der Waals surface area contributed by atoms with Crippen LogP contribution in [0.3, 0.4) is 0 Å². The van der Waals surface area contributed by atoms with E-state index in [2.05, 4.69) is 10.1 Å². The number of carbonyl (C=O) groups is 3. The molecule has 0 bridgehead atoms. The molecule has 0 radical (unpaired) electrons. The molecular formula is C19H22F2N2O5S. The maximum atomic E-state index is 12.5. The second kappa shape index (κ2) is 10.2. The summed E-state index contributed by atoms with van der Waals surface area (Å²) in [6.07, 6.45) is 1.84. The largest absolute Gasteiger partial charge is 0.493 e. The van der Waals surface area contributed by atoms with Crippen molar-refractivity contribution in [3.63, 3.8) is 0 Å². The molecule has 3 amide bonds. The summed E-state index contributed by atoms with van der Waals surface area (Å²) in [7, 11) is 1.30. The number of alkyl halides is 2. The molecule has 0 unspecified atom stereocenters. The van der Waals surface area contributed by atoms with Crippen LogP contribution in [0.15, 0.2) is 23.1 Å². The lowest BCUT2D eigenvalue weighted by molar-refractivity contribution is -0.124. The minimum absolute atomic E-state index is 0.0658. The lowest BCUT2D eigenvalue weighted by atomic mass is 10.1. The van der Waals surface area contributed by atoms with Crippen molar-refractivity contribution in [2.45, 2.75) is 26.9 Å². The first-order chi connectivity index (χ1) is 13.7. The molecule has 1 aromatic rings. The van der Waals surface area contributed by atoms with Gasteiger partial charge < -0.3 is 14.8 Å². The first-order valence-electron chi connectivity index (χ1n) is 8.86. The van der Waals surface area contributed by atoms with E-state index in [9.17, 15) is 23.2 Å². The zero-order valence-corrected chi connectivity index (χ0v) is 17.1. The quantitative estimate of drug-likeness (QED) is 0.606. The molecule has 0 saturated carbocycles. The molecule has 0 aliphatic carbocycles. The zero-order chi connectivity index (χ0) is 21.6. The molecule has 29 heavy (non-hydrogen) atoms. The van der Waals surface area contributed by atoms with Crippen LogP contribution in [0.5, 0.6) is 11.5 Å². The van der Waals surface area contributed by atoms with Crippen molar-refractivity contribution in [3.05, 3.63) is 28.7 Å². The maximum absolute atomic E-state index is 12.5. The van der Waals surface area contributed by atoms with E-state index < -0.39 is 17.8 Å². The number of nitrogens with zero attached hydrogens (tertiary/aromatic N) is 1. The van der Waals surface area contributed by atoms with Crippen LogP contribution in [0.2, 0.25) is 0 Å². The van der Waals surface area contributed by atoms with Crippen LogP contribution in [-0.2, 0) is 9.59 Å². The Bertz CT molecular complexity index is 814. The number of imide groups is 1. The van der Waals surface area contributed by atoms with Crippen LogP contribution < -0.4 is 14.8 Å². The Hall–Kier alpha value is -2.62. The van der Waals surface area contributed by atoms with Gasteiger partial charge in [-0.2, -0.15) is 8.78 Å². The molecule has 2 rings (SSSR count). The van der Waals surface area contributed by atoms with E-state index in [1.54, 1.807) is 0 Å². The third-order valence-corrected chi connectivity index (χ3v) is 4.73. The van der Waals surface area contributed by atoms with Crippen molar-refractivity contribution in [2.24, 2.45) is 5.92 Å². The minimum Gasteiger partial charge on any atom is -0.493 e. The summed E-state index contributed by atoms with van der Waals surface area (Å²) in [5.41, 5.74) is 0.485. The van der Waals surface area contributed by atoms with Gasteiger partial charge in [-0.3, -0.25) is 19.3 Å². The van der Waals surface area contributed by atoms with Gasteiger partial charge >= 0.3 is 6.61 Å². The second-order valence-electron chi connectivity index (χ2n) is 6.57. The molecule has 1 aliphatic heterocycles. The van der Waals surface area contributed by atoms with Gasteiger partial charge in [-0.1, -0.05) is 19.9 Å². The molecule has 1 aromatic carbocycles. The van der Waals surface area contributed by atoms with Crippen LogP contribution >= 0.6 is 11.8 Å². The number of rotatable bonds is 9. The SMILES string of the molecule is COc1cc(/C=C2/SC(=O)N(CCNC(=O)CC(C)C)C2=O)ccc1OC(F)F. The number of halogens is 2. The van der Waals surface area contributed by atoms with Gasteiger partial charge in [0.05, 0.1) is 12.0 Å². The second-order valence-corrected chi connectivity index (χ2v) is 7.56. The Kier molecular flexibility index (Phi) is 8.00. The fourth-order valence-electron chi connectivity index (χ4n) is 2.56. The minimum atomic E-state index is -2.99. The van der Waals surface area contributed by atoms with Gasteiger partial charge in [-0.15, -0.1) is 0 Å². The van der Waals surface area contributed by atoms with Crippen LogP contribution in [0, 0.1) is 5.92 Å². The molecule has 0 aromatic heterocycles. The lowest BCUT2D eigenvalue weighted by Crippen LogP contribution is -2.37. The number of hydrogen-bond acceptors (Lipinski definition) is 6. The number of thioether (sulfide) groups is 1. The van der Waals surface area contributed by atoms with Crippen LogP contribution in [-0.4, -0.2) is 48.8 Å². The predicted octanol–water partition coefficient (Wildman–Crippen LogP) is 3.50. The van der Waals surface area contributed by atoms with Gasteiger partial charge in [0.1, 0.15) is 0 Å². The predicted molar refractivity (Wildman–Crippen MR) is 105 cm³/mol. The molecular weight excluding hydrogens is 406 g/mol. The fourth-order valence-corrected chi connectivity index (χ4v) is 3.43. The summed E-state index contributed by atoms with van der Waals surface area (Å²) in [5, 5.41) is 2.24. The van der Waals surface area contributed by atoms with E-state index >= 15 is 0 Å². The van der Waals surface area contributed by atoms with Crippen LogP contribution in [0.25, 0.3) is 6.08 Å². The van der Waals surface area contributed by atoms with Crippen molar-refractivity contribution in [2.75, 3.05) is 20.2 Å². The molecule has 1 fully saturated rings. The fraction of sp³-hybridized carbons (Fsp3) is 0.421. The molecule has 1 saturated heterocycles. The molecule has 1 heterocycles. The summed E-state index contributed by atoms with van der Waals surface area (Å²) in [5.74, 6) is -0.466. The Labute approximate surface area is 171 Å². The Morgan fingerprint density at radius 3 is 2.62 bits per heavy atom. The number of amides is 3. The molecule has 0 spiro atoms. The van der Waals surface area contributed by atoms with Crippen LogP contribution in [0.1, 0.15) is 25.8 Å². The molecule has 1 aliphatic rings. The van der Waals surface area contributed by atoms with Crippen molar-refractivity contribution >= 4 is 34.9 Å². The number of methoxy groups -OCH3 is 1. The number of hydrogen-bond donors (Lipinski definition) is 1. The summed E-state index contributed by atoms with van der Waals surface area (Å²) in [4.78, 5) is 37.5. The highest BCUT2D eigenvalue weighted by Crippen LogP contribution is 2.34. The van der Waals surface area contributed by atoms with Crippen molar-refractivity contribution in [1.29, 1.82) is 0 Å². The highest BCUT2D eigenvalue weighted by atomic mass is 32.2. The van der Waals surface area contributed by atoms with E-state index in [0.717, 1.165) is 16.7 Å². The highest BCUT2D eigenvalue weighted by molar-refractivity contribution is 8.18. The highest BCUT2D eigenvalue weighted by Gasteiger charge is 2.34. The molecule has 7 nitrogen and oxygen atoms in total. The van der Waals surface area contributed by atoms with E-state index in [1.807, 2.05) is 13.8 Å². The van der Waals surface area contributed by atoms with Crippen molar-refractivity contribution in [3.8, 4) is 11.5 Å². The van der Waals surface area contributed by atoms with Crippen molar-refractivity contribution in [1.82, 2.24) is 10.2 Å². The number of nitrogens with one attached hydrogen (secondary N) is 1. The first kappa shape index (κ1) is 22.7. The van der Waals surface area contributed by atoms with Crippen molar-refractivity contribution < 1.29 is 32.6 Å². The first-order valence-corrected chi connectivity index (χ1v) is 9.67. The van der Waals surface area contributed by atoms with E-state index in [1.165, 1.54) is 31.4 Å². The lowest BCUT2D eigenvalue weighted by Gasteiger charge is -2.13. The summed E-state index contributed by atoms with van der Waals surface area (Å²) < 4.78 is 34.2. The zero-order valence-electron chi connectivity index (χ0n) is 16.2. The number of benzene rings is 1. The molecule has 158 valence electrons.